The fraction of sp³-hybridized carbons (Fsp3) is 0.333. The van der Waals surface area contributed by atoms with Crippen LogP contribution < -0.4 is 37.9 Å². The molecule has 1 saturated heterocycles. The number of benzene rings is 4. The van der Waals surface area contributed by atoms with E-state index in [1.807, 2.05) is 0 Å². The first-order valence-corrected chi connectivity index (χ1v) is 15.9. The molecular weight excluding hydrogens is 652 g/mol. The maximum Gasteiger partial charge on any atom is 0.231 e. The van der Waals surface area contributed by atoms with E-state index in [0.29, 0.717) is 71.4 Å². The molecule has 14 heteroatoms. The Morgan fingerprint density at radius 3 is 1.08 bits per heavy atom. The summed E-state index contributed by atoms with van der Waals surface area (Å²) in [5.41, 5.74) is 2.54. The van der Waals surface area contributed by atoms with Crippen molar-refractivity contribution in [3.05, 3.63) is 70.8 Å². The number of methoxy groups -OCH3 is 4. The normalized spacial score (nSPS) is 16.6. The molecule has 0 radical (unpaired) electrons. The summed E-state index contributed by atoms with van der Waals surface area (Å²) in [7, 11) is 5.85. The predicted octanol–water partition coefficient (Wildman–Crippen LogP) is 4.50. The number of phenolic OH excluding ortho intramolecular Hbond substituents is 4. The highest BCUT2D eigenvalue weighted by molar-refractivity contribution is 5.60. The minimum absolute atomic E-state index is 0.0131. The summed E-state index contributed by atoms with van der Waals surface area (Å²) in [6.07, 6.45) is 0. The second-order valence-electron chi connectivity index (χ2n) is 12.0. The molecule has 1 fully saturated rings. The molecule has 2 atom stereocenters. The first-order chi connectivity index (χ1) is 24.2. The van der Waals surface area contributed by atoms with Gasteiger partial charge in [0.15, 0.2) is 46.0 Å². The Kier molecular flexibility index (Phi) is 8.80. The number of hydrogen-bond acceptors (Lipinski definition) is 14. The molecule has 3 aliphatic heterocycles. The predicted molar refractivity (Wildman–Crippen MR) is 178 cm³/mol. The van der Waals surface area contributed by atoms with Crippen molar-refractivity contribution >= 4 is 0 Å². The van der Waals surface area contributed by atoms with Gasteiger partial charge in [0.2, 0.25) is 25.1 Å². The van der Waals surface area contributed by atoms with Crippen LogP contribution in [0.25, 0.3) is 0 Å². The third-order valence-electron chi connectivity index (χ3n) is 9.35. The minimum Gasteiger partial charge on any atom is -0.507 e. The fourth-order valence-corrected chi connectivity index (χ4v) is 6.90. The average Bonchev–Trinajstić information content (AvgIpc) is 3.79. The van der Waals surface area contributed by atoms with Gasteiger partial charge < -0.3 is 58.3 Å². The van der Waals surface area contributed by atoms with E-state index in [1.54, 1.807) is 48.5 Å². The second-order valence-corrected chi connectivity index (χ2v) is 12.0. The molecule has 3 heterocycles. The molecule has 50 heavy (non-hydrogen) atoms. The van der Waals surface area contributed by atoms with Crippen LogP contribution in [0.15, 0.2) is 48.5 Å². The van der Waals surface area contributed by atoms with Crippen molar-refractivity contribution in [3.63, 3.8) is 0 Å². The number of ether oxygens (including phenoxy) is 8. The van der Waals surface area contributed by atoms with Crippen LogP contribution in [0.5, 0.6) is 69.0 Å². The average molecular weight is 691 g/mol. The van der Waals surface area contributed by atoms with Crippen LogP contribution in [0, 0.1) is 0 Å². The second kappa shape index (κ2) is 13.4. The first-order valence-electron chi connectivity index (χ1n) is 15.9. The molecule has 0 bridgehead atoms. The van der Waals surface area contributed by atoms with Gasteiger partial charge in [-0.25, -0.2) is 0 Å². The Hall–Kier alpha value is -5.60. The van der Waals surface area contributed by atoms with E-state index >= 15 is 0 Å². The van der Waals surface area contributed by atoms with Gasteiger partial charge in [0.1, 0.15) is 11.5 Å². The number of rotatable bonds is 10. The molecule has 4 N–H and O–H groups in total. The van der Waals surface area contributed by atoms with E-state index in [9.17, 15) is 20.4 Å². The van der Waals surface area contributed by atoms with Crippen molar-refractivity contribution in [2.75, 3.05) is 68.2 Å². The Labute approximate surface area is 288 Å². The molecule has 14 nitrogen and oxygen atoms in total. The maximum absolute atomic E-state index is 11.3. The van der Waals surface area contributed by atoms with Crippen molar-refractivity contribution in [1.29, 1.82) is 0 Å². The van der Waals surface area contributed by atoms with Gasteiger partial charge in [-0.2, -0.15) is 0 Å². The molecule has 0 saturated carbocycles. The van der Waals surface area contributed by atoms with Crippen molar-refractivity contribution in [2.45, 2.75) is 12.1 Å². The van der Waals surface area contributed by atoms with Gasteiger partial charge in [0.05, 0.1) is 40.5 Å². The molecule has 0 aliphatic carbocycles. The lowest BCUT2D eigenvalue weighted by Gasteiger charge is -2.43. The largest absolute Gasteiger partial charge is 0.507 e. The molecule has 0 spiro atoms. The topological polar surface area (TPSA) is 161 Å². The number of nitrogens with zero attached hydrogens (tertiary/aromatic N) is 2. The Morgan fingerprint density at radius 1 is 0.480 bits per heavy atom. The van der Waals surface area contributed by atoms with Gasteiger partial charge in [-0.15, -0.1) is 0 Å². The summed E-state index contributed by atoms with van der Waals surface area (Å²) in [6.45, 7) is 2.08. The molecular formula is C36H38N2O12. The highest BCUT2D eigenvalue weighted by Crippen LogP contribution is 2.49. The highest BCUT2D eigenvalue weighted by atomic mass is 16.7. The molecule has 264 valence electrons. The highest BCUT2D eigenvalue weighted by Gasteiger charge is 2.36. The van der Waals surface area contributed by atoms with Crippen LogP contribution in [0.3, 0.4) is 0 Å². The van der Waals surface area contributed by atoms with Crippen LogP contribution in [0.2, 0.25) is 0 Å². The third-order valence-corrected chi connectivity index (χ3v) is 9.35. The number of phenols is 4. The van der Waals surface area contributed by atoms with Gasteiger partial charge in [-0.05, 0) is 47.5 Å². The summed E-state index contributed by atoms with van der Waals surface area (Å²) in [4.78, 5) is 4.40. The Morgan fingerprint density at radius 2 is 0.780 bits per heavy atom. The zero-order valence-corrected chi connectivity index (χ0v) is 28.0. The monoisotopic (exact) mass is 690 g/mol. The van der Waals surface area contributed by atoms with E-state index in [4.69, 9.17) is 37.9 Å². The summed E-state index contributed by atoms with van der Waals surface area (Å²) >= 11 is 0. The fourth-order valence-electron chi connectivity index (χ4n) is 6.90. The lowest BCUT2D eigenvalue weighted by molar-refractivity contribution is 0.0879. The van der Waals surface area contributed by atoms with Crippen molar-refractivity contribution in [3.8, 4) is 69.0 Å². The van der Waals surface area contributed by atoms with Crippen LogP contribution >= 0.6 is 0 Å². The molecule has 3 aliphatic rings. The number of fused-ring (bicyclic) bond motifs is 2. The van der Waals surface area contributed by atoms with E-state index in [0.717, 1.165) is 0 Å². The lowest BCUT2D eigenvalue weighted by atomic mass is 9.92. The van der Waals surface area contributed by atoms with Crippen molar-refractivity contribution in [1.82, 2.24) is 9.80 Å². The van der Waals surface area contributed by atoms with Gasteiger partial charge in [-0.3, -0.25) is 9.80 Å². The number of piperazine rings is 1. The quantitative estimate of drug-likeness (QED) is 0.184. The summed E-state index contributed by atoms with van der Waals surface area (Å²) in [5.74, 6) is 2.54. The molecule has 0 amide bonds. The van der Waals surface area contributed by atoms with Crippen molar-refractivity contribution in [2.24, 2.45) is 0 Å². The lowest BCUT2D eigenvalue weighted by Crippen LogP contribution is -2.49. The maximum atomic E-state index is 11.3. The summed E-state index contributed by atoms with van der Waals surface area (Å²) in [5, 5.41) is 44.1. The van der Waals surface area contributed by atoms with Crippen LogP contribution in [0.4, 0.5) is 0 Å². The molecule has 4 aromatic rings. The standard InChI is InChI=1S/C36H38N2O12/c1-43-29-9-19(10-30(44-2)35(29)41)33(21-13-25-27(15-23(21)39)49-17-47-25)37-5-7-38(8-6-37)34(20-11-31(45-3)36(42)32(12-20)46-4)22-14-26-28(16-24(22)40)50-18-48-26/h9-16,33-34,39-42H,5-8,17-18H2,1-4H3/t33-,34-/m0/s1. The van der Waals surface area contributed by atoms with Crippen LogP contribution in [0.1, 0.15) is 34.3 Å². The molecule has 0 aromatic heterocycles. The Bertz CT molecular complexity index is 1720. The number of hydrogen-bond donors (Lipinski definition) is 4. The molecule has 4 aromatic carbocycles. The van der Waals surface area contributed by atoms with E-state index in [-0.39, 0.29) is 59.6 Å². The minimum atomic E-state index is -0.527. The summed E-state index contributed by atoms with van der Waals surface area (Å²) in [6, 6.07) is 12.5. The summed E-state index contributed by atoms with van der Waals surface area (Å²) < 4.78 is 44.4. The van der Waals surface area contributed by atoms with Crippen molar-refractivity contribution < 1.29 is 58.3 Å². The smallest absolute Gasteiger partial charge is 0.231 e. The van der Waals surface area contributed by atoms with E-state index in [2.05, 4.69) is 9.80 Å². The number of aromatic hydroxyl groups is 4. The zero-order chi connectivity index (χ0) is 35.1. The molecule has 7 rings (SSSR count). The van der Waals surface area contributed by atoms with E-state index in [1.165, 1.54) is 28.4 Å². The van der Waals surface area contributed by atoms with Gasteiger partial charge >= 0.3 is 0 Å². The van der Waals surface area contributed by atoms with E-state index < -0.39 is 12.1 Å². The van der Waals surface area contributed by atoms with Gasteiger partial charge in [0, 0.05) is 49.4 Å². The SMILES string of the molecule is COc1cc([C@@H](c2cc3c(cc2O)OCO3)N2CCN([C@@H](c3cc(OC)c(O)c(OC)c3)c3cc4c(cc3O)OCO4)CC2)cc(OC)c1O. The molecule has 0 unspecified atom stereocenters. The van der Waals surface area contributed by atoms with Crippen LogP contribution in [-0.4, -0.2) is 98.4 Å². The zero-order valence-electron chi connectivity index (χ0n) is 28.0. The van der Waals surface area contributed by atoms with Gasteiger partial charge in [-0.1, -0.05) is 0 Å². The Balaban J connectivity index is 1.29. The third kappa shape index (κ3) is 5.75. The first kappa shape index (κ1) is 32.9. The van der Waals surface area contributed by atoms with Crippen LogP contribution in [-0.2, 0) is 0 Å². The van der Waals surface area contributed by atoms with Gasteiger partial charge in [0.25, 0.3) is 0 Å².